The monoisotopic (exact) mass is 267 g/mol. The zero-order chi connectivity index (χ0) is 11.4. The van der Waals surface area contributed by atoms with Gasteiger partial charge in [-0.3, -0.25) is 4.21 Å². The molecule has 3 nitrogen and oxygen atoms in total. The molecule has 0 aliphatic carbocycles. The Morgan fingerprint density at radius 1 is 1.40 bits per heavy atom. The van der Waals surface area contributed by atoms with E-state index in [1.807, 2.05) is 0 Å². The van der Waals surface area contributed by atoms with Gasteiger partial charge in [0.05, 0.1) is 32.7 Å². The highest BCUT2D eigenvalue weighted by Gasteiger charge is 2.11. The van der Waals surface area contributed by atoms with Gasteiger partial charge < -0.3 is 10.8 Å². The summed E-state index contributed by atoms with van der Waals surface area (Å²) in [6.45, 7) is 0.0903. The molecule has 0 saturated heterocycles. The van der Waals surface area contributed by atoms with Crippen LogP contribution >= 0.6 is 23.2 Å². The van der Waals surface area contributed by atoms with Crippen LogP contribution in [-0.4, -0.2) is 27.7 Å². The number of aliphatic hydroxyl groups is 1. The summed E-state index contributed by atoms with van der Waals surface area (Å²) in [5, 5.41) is 10.0. The first kappa shape index (κ1) is 12.9. The van der Waals surface area contributed by atoms with E-state index in [1.165, 1.54) is 6.07 Å². The molecule has 0 heterocycles. The molecule has 2 unspecified atom stereocenters. The lowest BCUT2D eigenvalue weighted by molar-refractivity contribution is 0.207. The Morgan fingerprint density at radius 2 is 2.07 bits per heavy atom. The van der Waals surface area contributed by atoms with Crippen LogP contribution in [0.2, 0.25) is 10.0 Å². The largest absolute Gasteiger partial charge is 0.391 e. The number of hydrogen-bond donors (Lipinski definition) is 2. The lowest BCUT2D eigenvalue weighted by Crippen LogP contribution is -2.25. The SMILES string of the molecule is NCC(O)CS(=O)c1ccc(Cl)c(Cl)c1. The van der Waals surface area contributed by atoms with Crippen molar-refractivity contribution in [2.75, 3.05) is 12.3 Å². The molecule has 84 valence electrons. The standard InChI is InChI=1S/C9H11Cl2NO2S/c10-8-2-1-7(3-9(8)11)15(14)5-6(13)4-12/h1-3,6,13H,4-5,12H2. The minimum Gasteiger partial charge on any atom is -0.391 e. The van der Waals surface area contributed by atoms with Crippen molar-refractivity contribution >= 4 is 34.0 Å². The minimum absolute atomic E-state index is 0.0903. The molecule has 3 N–H and O–H groups in total. The Balaban J connectivity index is 2.78. The highest BCUT2D eigenvalue weighted by molar-refractivity contribution is 7.85. The van der Waals surface area contributed by atoms with Crippen LogP contribution in [0.25, 0.3) is 0 Å². The fourth-order valence-electron chi connectivity index (χ4n) is 0.957. The second-order valence-electron chi connectivity index (χ2n) is 2.98. The molecular formula is C9H11Cl2NO2S. The Morgan fingerprint density at radius 3 is 2.60 bits per heavy atom. The average Bonchev–Trinajstić information content (AvgIpc) is 2.21. The Kier molecular flexibility index (Phi) is 5.02. The highest BCUT2D eigenvalue weighted by Crippen LogP contribution is 2.24. The van der Waals surface area contributed by atoms with Crippen molar-refractivity contribution in [1.82, 2.24) is 0 Å². The molecule has 1 aromatic rings. The van der Waals surface area contributed by atoms with Crippen molar-refractivity contribution in [2.45, 2.75) is 11.0 Å². The number of benzene rings is 1. The fourth-order valence-corrected chi connectivity index (χ4v) is 2.47. The second kappa shape index (κ2) is 5.82. The zero-order valence-electron chi connectivity index (χ0n) is 7.82. The van der Waals surface area contributed by atoms with E-state index in [4.69, 9.17) is 28.9 Å². The summed E-state index contributed by atoms with van der Waals surface area (Å²) < 4.78 is 11.7. The van der Waals surface area contributed by atoms with E-state index in [-0.39, 0.29) is 12.3 Å². The number of hydrogen-bond acceptors (Lipinski definition) is 3. The summed E-state index contributed by atoms with van der Waals surface area (Å²) in [6, 6.07) is 4.72. The Bertz CT molecular complexity index is 373. The Labute approximate surface area is 101 Å². The zero-order valence-corrected chi connectivity index (χ0v) is 10.1. The van der Waals surface area contributed by atoms with Gasteiger partial charge in [-0.05, 0) is 18.2 Å². The van der Waals surface area contributed by atoms with Gasteiger partial charge in [0.15, 0.2) is 0 Å². The van der Waals surface area contributed by atoms with E-state index in [2.05, 4.69) is 0 Å². The van der Waals surface area contributed by atoms with Gasteiger partial charge in [-0.25, -0.2) is 0 Å². The predicted molar refractivity (Wildman–Crippen MR) is 62.8 cm³/mol. The van der Waals surface area contributed by atoms with Crippen LogP contribution in [0, 0.1) is 0 Å². The third-order valence-corrected chi connectivity index (χ3v) is 3.98. The molecule has 6 heteroatoms. The van der Waals surface area contributed by atoms with Crippen LogP contribution < -0.4 is 5.73 Å². The van der Waals surface area contributed by atoms with Gasteiger partial charge in [0.1, 0.15) is 0 Å². The van der Waals surface area contributed by atoms with Crippen LogP contribution in [0.15, 0.2) is 23.1 Å². The van der Waals surface area contributed by atoms with Gasteiger partial charge in [0.25, 0.3) is 0 Å². The van der Waals surface area contributed by atoms with Crippen molar-refractivity contribution in [3.05, 3.63) is 28.2 Å². The molecule has 0 aliphatic heterocycles. The summed E-state index contributed by atoms with van der Waals surface area (Å²) in [5.41, 5.74) is 5.22. The minimum atomic E-state index is -1.31. The summed E-state index contributed by atoms with van der Waals surface area (Å²) >= 11 is 11.5. The van der Waals surface area contributed by atoms with Gasteiger partial charge in [-0.15, -0.1) is 0 Å². The fraction of sp³-hybridized carbons (Fsp3) is 0.333. The van der Waals surface area contributed by atoms with Crippen LogP contribution in [-0.2, 0) is 10.8 Å². The third kappa shape index (κ3) is 3.74. The molecule has 0 aromatic heterocycles. The summed E-state index contributed by atoms with van der Waals surface area (Å²) in [6.07, 6.45) is -0.764. The van der Waals surface area contributed by atoms with Crippen molar-refractivity contribution in [3.8, 4) is 0 Å². The van der Waals surface area contributed by atoms with Crippen molar-refractivity contribution < 1.29 is 9.32 Å². The molecular weight excluding hydrogens is 257 g/mol. The first-order valence-electron chi connectivity index (χ1n) is 4.26. The quantitative estimate of drug-likeness (QED) is 0.868. The van der Waals surface area contributed by atoms with Gasteiger partial charge in [-0.1, -0.05) is 23.2 Å². The number of halogens is 2. The van der Waals surface area contributed by atoms with E-state index in [9.17, 15) is 9.32 Å². The third-order valence-electron chi connectivity index (χ3n) is 1.77. The molecule has 0 radical (unpaired) electrons. The smallest absolute Gasteiger partial charge is 0.0781 e. The maximum atomic E-state index is 11.7. The van der Waals surface area contributed by atoms with Crippen LogP contribution in [0.3, 0.4) is 0 Å². The highest BCUT2D eigenvalue weighted by atomic mass is 35.5. The normalized spacial score (nSPS) is 14.9. The summed E-state index contributed by atoms with van der Waals surface area (Å²) in [4.78, 5) is 0.539. The molecule has 1 rings (SSSR count). The topological polar surface area (TPSA) is 63.3 Å². The molecule has 0 amide bonds. The molecule has 1 aromatic carbocycles. The molecule has 0 spiro atoms. The van der Waals surface area contributed by atoms with E-state index in [0.29, 0.717) is 14.9 Å². The van der Waals surface area contributed by atoms with Crippen molar-refractivity contribution in [2.24, 2.45) is 5.73 Å². The summed E-state index contributed by atoms with van der Waals surface area (Å²) in [7, 11) is -1.31. The molecule has 0 saturated carbocycles. The lowest BCUT2D eigenvalue weighted by atomic mass is 10.4. The molecule has 2 atom stereocenters. The maximum Gasteiger partial charge on any atom is 0.0781 e. The van der Waals surface area contributed by atoms with Crippen LogP contribution in [0.4, 0.5) is 0 Å². The summed E-state index contributed by atoms with van der Waals surface area (Å²) in [5.74, 6) is 0.106. The van der Waals surface area contributed by atoms with Gasteiger partial charge in [0, 0.05) is 11.4 Å². The molecule has 0 fully saturated rings. The number of aliphatic hydroxyl groups excluding tert-OH is 1. The Hall–Kier alpha value is -0.130. The van der Waals surface area contributed by atoms with E-state index >= 15 is 0 Å². The number of nitrogens with two attached hydrogens (primary N) is 1. The van der Waals surface area contributed by atoms with E-state index < -0.39 is 16.9 Å². The molecule has 15 heavy (non-hydrogen) atoms. The van der Waals surface area contributed by atoms with E-state index in [1.54, 1.807) is 12.1 Å². The average molecular weight is 268 g/mol. The van der Waals surface area contributed by atoms with Crippen molar-refractivity contribution in [1.29, 1.82) is 0 Å². The number of rotatable bonds is 4. The first-order valence-corrected chi connectivity index (χ1v) is 6.33. The maximum absolute atomic E-state index is 11.7. The second-order valence-corrected chi connectivity index (χ2v) is 5.29. The molecule has 0 bridgehead atoms. The van der Waals surface area contributed by atoms with E-state index in [0.717, 1.165) is 0 Å². The molecule has 0 aliphatic rings. The van der Waals surface area contributed by atoms with Crippen LogP contribution in [0.1, 0.15) is 0 Å². The predicted octanol–water partition coefficient (Wildman–Crippen LogP) is 1.42. The van der Waals surface area contributed by atoms with Gasteiger partial charge in [0.2, 0.25) is 0 Å². The van der Waals surface area contributed by atoms with Gasteiger partial charge in [-0.2, -0.15) is 0 Å². The van der Waals surface area contributed by atoms with Crippen molar-refractivity contribution in [3.63, 3.8) is 0 Å². The first-order chi connectivity index (χ1) is 7.04. The van der Waals surface area contributed by atoms with Crippen LogP contribution in [0.5, 0.6) is 0 Å². The lowest BCUT2D eigenvalue weighted by Gasteiger charge is -2.07. The van der Waals surface area contributed by atoms with Gasteiger partial charge >= 0.3 is 0 Å².